The molecule has 0 unspecified atom stereocenters. The van der Waals surface area contributed by atoms with Gasteiger partial charge in [0, 0.05) is 11.9 Å². The fraction of sp³-hybridized carbons (Fsp3) is 0.0500. The number of hydrogen-bond donors (Lipinski definition) is 0. The van der Waals surface area contributed by atoms with Gasteiger partial charge < -0.3 is 4.74 Å². The quantitative estimate of drug-likeness (QED) is 0.426. The normalized spacial score (nSPS) is 11.2. The highest BCUT2D eigenvalue weighted by atomic mass is 32.2. The molecule has 0 fully saturated rings. The molecule has 5 rings (SSSR count). The number of benzene rings is 2. The number of nitrogens with zero attached hydrogens (tertiary/aromatic N) is 6. The van der Waals surface area contributed by atoms with Gasteiger partial charge in [0.05, 0.1) is 0 Å². The predicted molar refractivity (Wildman–Crippen MR) is 110 cm³/mol. The highest BCUT2D eigenvalue weighted by molar-refractivity contribution is 7.98. The minimum atomic E-state index is -0.283. The van der Waals surface area contributed by atoms with Gasteiger partial charge in [-0.1, -0.05) is 30.0 Å². The first-order valence-electron chi connectivity index (χ1n) is 8.75. The van der Waals surface area contributed by atoms with E-state index in [4.69, 9.17) is 4.74 Å². The van der Waals surface area contributed by atoms with E-state index in [-0.39, 0.29) is 11.1 Å². The van der Waals surface area contributed by atoms with Crippen LogP contribution < -0.4 is 10.3 Å². The zero-order valence-electron chi connectivity index (χ0n) is 15.3. The molecule has 29 heavy (non-hydrogen) atoms. The highest BCUT2D eigenvalue weighted by Gasteiger charge is 2.13. The van der Waals surface area contributed by atoms with Gasteiger partial charge in [-0.25, -0.2) is 0 Å². The zero-order valence-corrected chi connectivity index (χ0v) is 16.1. The molecule has 0 amide bonds. The van der Waals surface area contributed by atoms with Crippen LogP contribution in [-0.2, 0) is 0 Å². The van der Waals surface area contributed by atoms with Crippen LogP contribution in [0.25, 0.3) is 22.5 Å². The van der Waals surface area contributed by atoms with E-state index in [0.29, 0.717) is 27.9 Å². The summed E-state index contributed by atoms with van der Waals surface area (Å²) in [7, 11) is 0. The van der Waals surface area contributed by atoms with E-state index in [9.17, 15) is 4.79 Å². The molecular weight excluding hydrogens is 388 g/mol. The monoisotopic (exact) mass is 402 g/mol. The second-order valence-electron chi connectivity index (χ2n) is 6.14. The van der Waals surface area contributed by atoms with Crippen LogP contribution in [0.5, 0.6) is 11.5 Å². The van der Waals surface area contributed by atoms with Gasteiger partial charge >= 0.3 is 0 Å². The number of ether oxygens (including phenoxy) is 1. The van der Waals surface area contributed by atoms with E-state index in [2.05, 4.69) is 20.3 Å². The zero-order chi connectivity index (χ0) is 19.8. The number of thioether (sulfide) groups is 1. The van der Waals surface area contributed by atoms with Gasteiger partial charge in [0.25, 0.3) is 11.3 Å². The molecular formula is C20H14N6O2S. The molecule has 0 spiro atoms. The Morgan fingerprint density at radius 1 is 0.931 bits per heavy atom. The van der Waals surface area contributed by atoms with E-state index in [1.165, 1.54) is 20.8 Å². The Morgan fingerprint density at radius 3 is 2.45 bits per heavy atom. The standard InChI is InChI=1S/C20H14N6O2S/c1-29-20-21-19-23-22-17-16(26(19)24-20)11-12-25(18(17)27)13-7-9-15(10-8-13)28-14-5-3-2-4-6-14/h2-12H,1H3. The van der Waals surface area contributed by atoms with Crippen LogP contribution in [0.15, 0.2) is 76.8 Å². The fourth-order valence-corrected chi connectivity index (χ4v) is 3.31. The summed E-state index contributed by atoms with van der Waals surface area (Å²) in [5.41, 5.74) is 1.20. The van der Waals surface area contributed by atoms with E-state index in [1.54, 1.807) is 12.3 Å². The van der Waals surface area contributed by atoms with Gasteiger partial charge in [-0.15, -0.1) is 15.3 Å². The van der Waals surface area contributed by atoms with Gasteiger partial charge in [-0.3, -0.25) is 9.36 Å². The first kappa shape index (κ1) is 17.4. The smallest absolute Gasteiger partial charge is 0.285 e. The molecule has 8 nitrogen and oxygen atoms in total. The molecule has 9 heteroatoms. The van der Waals surface area contributed by atoms with Crippen LogP contribution in [-0.4, -0.2) is 35.6 Å². The van der Waals surface area contributed by atoms with Crippen LogP contribution in [0.4, 0.5) is 0 Å². The largest absolute Gasteiger partial charge is 0.457 e. The lowest BCUT2D eigenvalue weighted by Gasteiger charge is -2.09. The lowest BCUT2D eigenvalue weighted by molar-refractivity contribution is 0.482. The van der Waals surface area contributed by atoms with Crippen molar-refractivity contribution in [1.82, 2.24) is 29.4 Å². The summed E-state index contributed by atoms with van der Waals surface area (Å²) < 4.78 is 8.85. The SMILES string of the molecule is CSc1nc2nnc3c(=O)n(-c4ccc(Oc5ccccc5)cc4)ccc3n2n1. The van der Waals surface area contributed by atoms with Crippen LogP contribution in [0, 0.1) is 0 Å². The van der Waals surface area contributed by atoms with Crippen molar-refractivity contribution < 1.29 is 4.74 Å². The molecule has 0 saturated carbocycles. The molecule has 0 aliphatic rings. The van der Waals surface area contributed by atoms with Gasteiger partial charge in [-0.05, 0) is 48.7 Å². The predicted octanol–water partition coefficient (Wildman–Crippen LogP) is 3.34. The molecule has 0 bridgehead atoms. The average Bonchev–Trinajstić information content (AvgIpc) is 3.19. The molecule has 0 radical (unpaired) electrons. The molecule has 2 aromatic carbocycles. The summed E-state index contributed by atoms with van der Waals surface area (Å²) in [6.07, 6.45) is 3.57. The van der Waals surface area contributed by atoms with E-state index < -0.39 is 0 Å². The fourth-order valence-electron chi connectivity index (χ4n) is 2.98. The summed E-state index contributed by atoms with van der Waals surface area (Å²) in [5, 5.41) is 13.0. The van der Waals surface area contributed by atoms with Crippen molar-refractivity contribution in [2.45, 2.75) is 5.16 Å². The maximum atomic E-state index is 13.0. The maximum absolute atomic E-state index is 13.0. The minimum Gasteiger partial charge on any atom is -0.457 e. The molecule has 0 atom stereocenters. The van der Waals surface area contributed by atoms with Crippen LogP contribution in [0.2, 0.25) is 0 Å². The van der Waals surface area contributed by atoms with Crippen LogP contribution in [0.1, 0.15) is 0 Å². The third-order valence-electron chi connectivity index (χ3n) is 4.36. The van der Waals surface area contributed by atoms with Crippen molar-refractivity contribution in [3.05, 3.63) is 77.2 Å². The third kappa shape index (κ3) is 3.11. The number of para-hydroxylation sites is 1. The minimum absolute atomic E-state index is 0.224. The molecule has 3 heterocycles. The lowest BCUT2D eigenvalue weighted by atomic mass is 10.2. The second kappa shape index (κ2) is 7.02. The molecule has 5 aromatic rings. The van der Waals surface area contributed by atoms with Crippen molar-refractivity contribution in [2.24, 2.45) is 0 Å². The number of pyridine rings is 1. The summed E-state index contributed by atoms with van der Waals surface area (Å²) in [6.45, 7) is 0. The maximum Gasteiger partial charge on any atom is 0.285 e. The Labute approximate surface area is 168 Å². The van der Waals surface area contributed by atoms with Crippen LogP contribution in [0.3, 0.4) is 0 Å². The number of rotatable bonds is 4. The second-order valence-corrected chi connectivity index (χ2v) is 6.92. The first-order chi connectivity index (χ1) is 14.2. The van der Waals surface area contributed by atoms with Crippen molar-refractivity contribution in [3.63, 3.8) is 0 Å². The molecule has 142 valence electrons. The molecule has 3 aromatic heterocycles. The molecule has 0 N–H and O–H groups in total. The lowest BCUT2D eigenvalue weighted by Crippen LogP contribution is -2.20. The topological polar surface area (TPSA) is 87.2 Å². The van der Waals surface area contributed by atoms with E-state index in [0.717, 1.165) is 5.75 Å². The van der Waals surface area contributed by atoms with Gasteiger partial charge in [0.1, 0.15) is 17.0 Å². The first-order valence-corrected chi connectivity index (χ1v) is 9.97. The Morgan fingerprint density at radius 2 is 1.69 bits per heavy atom. The average molecular weight is 402 g/mol. The van der Waals surface area contributed by atoms with E-state index >= 15 is 0 Å². The Bertz CT molecular complexity index is 1380. The van der Waals surface area contributed by atoms with Gasteiger partial charge in [0.15, 0.2) is 5.52 Å². The number of hydrogen-bond acceptors (Lipinski definition) is 7. The summed E-state index contributed by atoms with van der Waals surface area (Å²) in [5.74, 6) is 1.80. The Hall–Kier alpha value is -3.72. The van der Waals surface area contributed by atoms with Crippen molar-refractivity contribution in [3.8, 4) is 17.2 Å². The molecule has 0 aliphatic heterocycles. The summed E-state index contributed by atoms with van der Waals surface area (Å²) >= 11 is 1.40. The Balaban J connectivity index is 1.54. The number of fused-ring (bicyclic) bond motifs is 3. The van der Waals surface area contributed by atoms with Crippen molar-refractivity contribution >= 4 is 28.6 Å². The van der Waals surface area contributed by atoms with Gasteiger partial charge in [0.2, 0.25) is 5.16 Å². The van der Waals surface area contributed by atoms with Gasteiger partial charge in [-0.2, -0.15) is 9.50 Å². The third-order valence-corrected chi connectivity index (χ3v) is 4.90. The number of aromatic nitrogens is 6. The summed E-state index contributed by atoms with van der Waals surface area (Å²) in [4.78, 5) is 17.2. The molecule has 0 aliphatic carbocycles. The Kier molecular flexibility index (Phi) is 4.21. The highest BCUT2D eigenvalue weighted by Crippen LogP contribution is 2.22. The van der Waals surface area contributed by atoms with E-state index in [1.807, 2.05) is 60.9 Å². The van der Waals surface area contributed by atoms with Crippen LogP contribution >= 0.6 is 11.8 Å². The summed E-state index contributed by atoms with van der Waals surface area (Å²) in [6, 6.07) is 18.6. The molecule has 0 saturated heterocycles. The van der Waals surface area contributed by atoms with Crippen molar-refractivity contribution in [1.29, 1.82) is 0 Å². The van der Waals surface area contributed by atoms with Crippen molar-refractivity contribution in [2.75, 3.05) is 6.26 Å².